The van der Waals surface area contributed by atoms with Crippen LogP contribution in [0.5, 0.6) is 0 Å². The van der Waals surface area contributed by atoms with Crippen LogP contribution >= 0.6 is 0 Å². The molecule has 0 atom stereocenters. The van der Waals surface area contributed by atoms with Crippen LogP contribution in [0.4, 0.5) is 61.5 Å². The van der Waals surface area contributed by atoms with Gasteiger partial charge in [0.2, 0.25) is 0 Å². The second-order valence-corrected chi connectivity index (χ2v) is 4.51. The summed E-state index contributed by atoms with van der Waals surface area (Å²) in [5.41, 5.74) is 0. The number of rotatable bonds is 8. The summed E-state index contributed by atoms with van der Waals surface area (Å²) in [6.45, 7) is -2.61. The Bertz CT molecular complexity index is 590. The summed E-state index contributed by atoms with van der Waals surface area (Å²) in [7, 11) is 0. The number of allylic oxidation sites excluding steroid dienone is 2. The van der Waals surface area contributed by atoms with Gasteiger partial charge in [-0.25, -0.2) is 4.39 Å². The fraction of sp³-hybridized carbons (Fsp3) is 0.700. The van der Waals surface area contributed by atoms with Crippen LogP contribution in [0, 0.1) is 0 Å². The molecular formula is C10H3F14O3-. The van der Waals surface area contributed by atoms with Crippen LogP contribution in [0.15, 0.2) is 11.9 Å². The van der Waals surface area contributed by atoms with Crippen molar-refractivity contribution >= 4 is 5.97 Å². The average Bonchev–Trinajstić information content (AvgIpc) is 2.42. The Labute approximate surface area is 138 Å². The molecule has 17 heteroatoms. The first kappa shape index (κ1) is 25.2. The molecule has 0 aromatic heterocycles. The first-order valence-electron chi connectivity index (χ1n) is 5.73. The third-order valence-electron chi connectivity index (χ3n) is 2.51. The molecule has 0 aliphatic heterocycles. The molecule has 0 unspecified atom stereocenters. The Balaban J connectivity index is 6.22. The molecule has 0 radical (unpaired) electrons. The lowest BCUT2D eigenvalue weighted by atomic mass is 9.96. The molecule has 27 heavy (non-hydrogen) atoms. The van der Waals surface area contributed by atoms with E-state index < -0.39 is 60.5 Å². The molecule has 0 fully saturated rings. The van der Waals surface area contributed by atoms with Crippen molar-refractivity contribution in [2.75, 3.05) is 6.61 Å². The molecule has 0 heterocycles. The van der Waals surface area contributed by atoms with Crippen LogP contribution in [0.25, 0.3) is 0 Å². The van der Waals surface area contributed by atoms with Crippen molar-refractivity contribution in [1.29, 1.82) is 0 Å². The molecule has 0 saturated heterocycles. The highest BCUT2D eigenvalue weighted by Gasteiger charge is 2.87. The van der Waals surface area contributed by atoms with Gasteiger partial charge in [-0.2, -0.15) is 57.1 Å². The summed E-state index contributed by atoms with van der Waals surface area (Å²) in [4.78, 5) is 9.77. The Hall–Kier alpha value is -1.81. The average molecular weight is 437 g/mol. The lowest BCUT2D eigenvalue weighted by molar-refractivity contribution is -0.444. The molecule has 0 amide bonds. The van der Waals surface area contributed by atoms with Crippen LogP contribution in [0.3, 0.4) is 0 Å². The van der Waals surface area contributed by atoms with Crippen molar-refractivity contribution in [1.82, 2.24) is 0 Å². The van der Waals surface area contributed by atoms with Gasteiger partial charge in [-0.15, -0.1) is 0 Å². The monoisotopic (exact) mass is 437 g/mol. The third kappa shape index (κ3) is 4.55. The van der Waals surface area contributed by atoms with Gasteiger partial charge in [0.1, 0.15) is 0 Å². The standard InChI is InChI=1S/C10H4F14O3/c11-3(1-5(12,13)14)6(15,16)7(17,18)8(19,20)9(21,22)10(23,24)27-2-4(25)26/h1H,2H2,(H,25,26)/p-1. The SMILES string of the molecule is O=C([O-])COC(F)(F)C(F)(F)C(F)(F)C(F)(F)C(F)(F)C(F)=CC(F)(F)F. The van der Waals surface area contributed by atoms with Gasteiger partial charge in [-0.1, -0.05) is 0 Å². The second kappa shape index (κ2) is 6.97. The maximum atomic E-state index is 13.1. The van der Waals surface area contributed by atoms with E-state index in [9.17, 15) is 71.4 Å². The van der Waals surface area contributed by atoms with Crippen LogP contribution in [-0.2, 0) is 9.53 Å². The molecule has 0 N–H and O–H groups in total. The van der Waals surface area contributed by atoms with Gasteiger partial charge < -0.3 is 14.6 Å². The van der Waals surface area contributed by atoms with E-state index in [1.54, 1.807) is 0 Å². The number of carbonyl (C=O) groups is 1. The van der Waals surface area contributed by atoms with Gasteiger partial charge in [0.25, 0.3) is 0 Å². The Kier molecular flexibility index (Phi) is 6.51. The van der Waals surface area contributed by atoms with E-state index in [-0.39, 0.29) is 0 Å². The summed E-state index contributed by atoms with van der Waals surface area (Å²) in [6, 6.07) is 0. The predicted molar refractivity (Wildman–Crippen MR) is 50.9 cm³/mol. The van der Waals surface area contributed by atoms with Crippen molar-refractivity contribution in [3.05, 3.63) is 11.9 Å². The van der Waals surface area contributed by atoms with Crippen molar-refractivity contribution < 1.29 is 76.1 Å². The Morgan fingerprint density at radius 2 is 1.19 bits per heavy atom. The zero-order valence-electron chi connectivity index (χ0n) is 11.8. The molecule has 3 nitrogen and oxygen atoms in total. The third-order valence-corrected chi connectivity index (χ3v) is 2.51. The molecule has 0 rings (SSSR count). The quantitative estimate of drug-likeness (QED) is 0.548. The van der Waals surface area contributed by atoms with Gasteiger partial charge >= 0.3 is 36.0 Å². The maximum absolute atomic E-state index is 13.1. The number of carboxylic acids is 1. The zero-order valence-corrected chi connectivity index (χ0v) is 11.8. The highest BCUT2D eigenvalue weighted by atomic mass is 19.4. The molecule has 0 bridgehead atoms. The van der Waals surface area contributed by atoms with Crippen LogP contribution < -0.4 is 5.11 Å². The van der Waals surface area contributed by atoms with E-state index in [1.807, 2.05) is 0 Å². The number of carbonyl (C=O) groups excluding carboxylic acids is 1. The summed E-state index contributed by atoms with van der Waals surface area (Å²) in [5.74, 6) is -38.0. The first-order chi connectivity index (χ1) is 11.5. The van der Waals surface area contributed by atoms with E-state index in [0.717, 1.165) is 0 Å². The number of halogens is 14. The fourth-order valence-electron chi connectivity index (χ4n) is 1.20. The molecule has 0 spiro atoms. The highest BCUT2D eigenvalue weighted by molar-refractivity contribution is 5.65. The minimum absolute atomic E-state index is 2.29. The smallest absolute Gasteiger partial charge is 0.426 e. The molecule has 0 aromatic rings. The van der Waals surface area contributed by atoms with Crippen molar-refractivity contribution in [2.45, 2.75) is 36.0 Å². The summed E-state index contributed by atoms with van der Waals surface area (Å²) < 4.78 is 180. The normalized spacial score (nSPS) is 15.9. The lowest BCUT2D eigenvalue weighted by Gasteiger charge is -2.38. The van der Waals surface area contributed by atoms with E-state index in [2.05, 4.69) is 4.74 Å². The summed E-state index contributed by atoms with van der Waals surface area (Å²) >= 11 is 0. The predicted octanol–water partition coefficient (Wildman–Crippen LogP) is 3.30. The molecule has 160 valence electrons. The number of aliphatic carboxylic acids is 1. The van der Waals surface area contributed by atoms with Gasteiger partial charge in [0, 0.05) is 0 Å². The fourth-order valence-corrected chi connectivity index (χ4v) is 1.20. The number of alkyl halides is 13. The van der Waals surface area contributed by atoms with Crippen LogP contribution in [0.2, 0.25) is 0 Å². The lowest BCUT2D eigenvalue weighted by Crippen LogP contribution is -2.68. The largest absolute Gasteiger partial charge is 0.548 e. The number of carboxylic acid groups (broad SMARTS) is 1. The van der Waals surface area contributed by atoms with Crippen molar-refractivity contribution in [3.8, 4) is 0 Å². The zero-order chi connectivity index (χ0) is 22.3. The molecule has 0 aliphatic rings. The van der Waals surface area contributed by atoms with E-state index in [1.165, 1.54) is 0 Å². The molecule has 0 aromatic carbocycles. The molecule has 0 aliphatic carbocycles. The summed E-state index contributed by atoms with van der Waals surface area (Å²) in [5, 5.41) is 9.77. The number of hydrogen-bond donors (Lipinski definition) is 0. The van der Waals surface area contributed by atoms with Crippen LogP contribution in [0.1, 0.15) is 0 Å². The van der Waals surface area contributed by atoms with E-state index in [4.69, 9.17) is 0 Å². The first-order valence-corrected chi connectivity index (χ1v) is 5.73. The number of hydrogen-bond acceptors (Lipinski definition) is 3. The van der Waals surface area contributed by atoms with Crippen LogP contribution in [-0.4, -0.2) is 48.6 Å². The van der Waals surface area contributed by atoms with Gasteiger partial charge in [-0.3, -0.25) is 0 Å². The van der Waals surface area contributed by atoms with E-state index >= 15 is 0 Å². The van der Waals surface area contributed by atoms with E-state index in [0.29, 0.717) is 0 Å². The number of ether oxygens (including phenoxy) is 1. The highest BCUT2D eigenvalue weighted by Crippen LogP contribution is 2.58. The molecule has 0 saturated carbocycles. The summed E-state index contributed by atoms with van der Waals surface area (Å²) in [6.07, 6.45) is -15.3. The van der Waals surface area contributed by atoms with Crippen molar-refractivity contribution in [2.24, 2.45) is 0 Å². The Morgan fingerprint density at radius 1 is 0.778 bits per heavy atom. The minimum Gasteiger partial charge on any atom is -0.548 e. The molecular weight excluding hydrogens is 434 g/mol. The van der Waals surface area contributed by atoms with Crippen molar-refractivity contribution in [3.63, 3.8) is 0 Å². The van der Waals surface area contributed by atoms with Gasteiger partial charge in [-0.05, 0) is 0 Å². The Morgan fingerprint density at radius 3 is 1.52 bits per heavy atom. The van der Waals surface area contributed by atoms with Gasteiger partial charge in [0.05, 0.1) is 18.7 Å². The van der Waals surface area contributed by atoms with Gasteiger partial charge in [0.15, 0.2) is 5.83 Å². The minimum atomic E-state index is -7.95. The maximum Gasteiger partial charge on any atom is 0.426 e. The topological polar surface area (TPSA) is 49.4 Å². The second-order valence-electron chi connectivity index (χ2n) is 4.51.